The van der Waals surface area contributed by atoms with Crippen molar-refractivity contribution in [2.24, 2.45) is 0 Å². The van der Waals surface area contributed by atoms with E-state index in [9.17, 15) is 9.59 Å². The molecule has 0 fully saturated rings. The summed E-state index contributed by atoms with van der Waals surface area (Å²) in [6.07, 6.45) is 0.654. The quantitative estimate of drug-likeness (QED) is 0.607. The smallest absolute Gasteiger partial charge is 0.340 e. The number of amides is 1. The third-order valence-corrected chi connectivity index (χ3v) is 3.70. The van der Waals surface area contributed by atoms with Gasteiger partial charge in [-0.2, -0.15) is 0 Å². The summed E-state index contributed by atoms with van der Waals surface area (Å²) >= 11 is 11.6. The monoisotopic (exact) mass is 366 g/mol. The molecule has 0 unspecified atom stereocenters. The number of carbonyl (C=O) groups is 2. The molecule has 2 aromatic carbocycles. The van der Waals surface area contributed by atoms with Crippen LogP contribution >= 0.6 is 23.2 Å². The zero-order valence-electron chi connectivity index (χ0n) is 12.7. The zero-order chi connectivity index (χ0) is 17.5. The summed E-state index contributed by atoms with van der Waals surface area (Å²) < 4.78 is 4.94. The average molecular weight is 367 g/mol. The van der Waals surface area contributed by atoms with E-state index in [0.29, 0.717) is 23.0 Å². The molecule has 0 atom stereocenters. The van der Waals surface area contributed by atoms with Crippen LogP contribution in [0.15, 0.2) is 42.5 Å². The molecule has 5 nitrogen and oxygen atoms in total. The maximum atomic E-state index is 11.9. The number of carbonyl (C=O) groups excluding carboxylic acids is 2. The average Bonchev–Trinajstić information content (AvgIpc) is 2.54. The standard InChI is InChI=1S/C17H16Cl2N2O3/c18-12-3-1-11(2-4-12)7-8-21-16(22)10-24-17(23)14-6-5-13(19)9-15(14)20/h1-6,9H,7-8,10,20H2,(H,21,22). The van der Waals surface area contributed by atoms with Crippen LogP contribution in [0.1, 0.15) is 15.9 Å². The van der Waals surface area contributed by atoms with Gasteiger partial charge in [-0.3, -0.25) is 4.79 Å². The summed E-state index contributed by atoms with van der Waals surface area (Å²) in [7, 11) is 0. The van der Waals surface area contributed by atoms with Crippen LogP contribution in [0, 0.1) is 0 Å². The molecule has 0 spiro atoms. The maximum Gasteiger partial charge on any atom is 0.340 e. The fraction of sp³-hybridized carbons (Fsp3) is 0.176. The van der Waals surface area contributed by atoms with Crippen molar-refractivity contribution in [3.63, 3.8) is 0 Å². The lowest BCUT2D eigenvalue weighted by molar-refractivity contribution is -0.124. The molecule has 24 heavy (non-hydrogen) atoms. The van der Waals surface area contributed by atoms with E-state index in [1.807, 2.05) is 12.1 Å². The third-order valence-electron chi connectivity index (χ3n) is 3.22. The minimum Gasteiger partial charge on any atom is -0.452 e. The van der Waals surface area contributed by atoms with Crippen LogP contribution in [0.3, 0.4) is 0 Å². The molecule has 0 heterocycles. The van der Waals surface area contributed by atoms with E-state index in [-0.39, 0.29) is 23.8 Å². The van der Waals surface area contributed by atoms with E-state index < -0.39 is 5.97 Å². The lowest BCUT2D eigenvalue weighted by Gasteiger charge is -2.08. The van der Waals surface area contributed by atoms with Gasteiger partial charge in [0, 0.05) is 22.3 Å². The van der Waals surface area contributed by atoms with E-state index in [1.165, 1.54) is 18.2 Å². The number of ether oxygens (including phenoxy) is 1. The molecule has 3 N–H and O–H groups in total. The highest BCUT2D eigenvalue weighted by molar-refractivity contribution is 6.31. The van der Waals surface area contributed by atoms with Crippen molar-refractivity contribution in [2.45, 2.75) is 6.42 Å². The largest absolute Gasteiger partial charge is 0.452 e. The molecule has 0 aromatic heterocycles. The first-order valence-corrected chi connectivity index (χ1v) is 7.94. The number of nitrogen functional groups attached to an aromatic ring is 1. The van der Waals surface area contributed by atoms with Gasteiger partial charge >= 0.3 is 5.97 Å². The highest BCUT2D eigenvalue weighted by atomic mass is 35.5. The molecule has 7 heteroatoms. The number of halogens is 2. The molecule has 0 aliphatic heterocycles. The summed E-state index contributed by atoms with van der Waals surface area (Å²) in [5.41, 5.74) is 7.11. The number of nitrogens with one attached hydrogen (secondary N) is 1. The number of hydrogen-bond acceptors (Lipinski definition) is 4. The van der Waals surface area contributed by atoms with Crippen molar-refractivity contribution >= 4 is 40.8 Å². The van der Waals surface area contributed by atoms with Crippen LogP contribution in [-0.2, 0) is 16.0 Å². The predicted molar refractivity (Wildman–Crippen MR) is 94.3 cm³/mol. The van der Waals surface area contributed by atoms with Gasteiger partial charge in [-0.15, -0.1) is 0 Å². The number of esters is 1. The minimum atomic E-state index is -0.669. The summed E-state index contributed by atoms with van der Waals surface area (Å²) in [5, 5.41) is 3.76. The fourth-order valence-corrected chi connectivity index (χ4v) is 2.28. The first-order chi connectivity index (χ1) is 11.5. The second-order valence-corrected chi connectivity index (χ2v) is 5.91. The molecule has 0 bridgehead atoms. The van der Waals surface area contributed by atoms with Crippen LogP contribution in [0.25, 0.3) is 0 Å². The van der Waals surface area contributed by atoms with E-state index in [1.54, 1.807) is 12.1 Å². The Morgan fingerprint density at radius 2 is 1.71 bits per heavy atom. The Morgan fingerprint density at radius 1 is 1.04 bits per heavy atom. The number of nitrogens with two attached hydrogens (primary N) is 1. The lowest BCUT2D eigenvalue weighted by Crippen LogP contribution is -2.30. The predicted octanol–water partition coefficient (Wildman–Crippen LogP) is 3.09. The molecule has 1 amide bonds. The van der Waals surface area contributed by atoms with Gasteiger partial charge in [-0.1, -0.05) is 35.3 Å². The SMILES string of the molecule is Nc1cc(Cl)ccc1C(=O)OCC(=O)NCCc1ccc(Cl)cc1. The molecular weight excluding hydrogens is 351 g/mol. The highest BCUT2D eigenvalue weighted by Gasteiger charge is 2.13. The number of anilines is 1. The Morgan fingerprint density at radius 3 is 2.38 bits per heavy atom. The first kappa shape index (κ1) is 18.1. The Balaban J connectivity index is 1.74. The third kappa shape index (κ3) is 5.44. The first-order valence-electron chi connectivity index (χ1n) is 7.19. The Hall–Kier alpha value is -2.24. The Bertz CT molecular complexity index is 733. The summed E-state index contributed by atoms with van der Waals surface area (Å²) in [6, 6.07) is 11.8. The highest BCUT2D eigenvalue weighted by Crippen LogP contribution is 2.18. The van der Waals surface area contributed by atoms with E-state index in [2.05, 4.69) is 5.32 Å². The fourth-order valence-electron chi connectivity index (χ4n) is 1.98. The number of benzene rings is 2. The topological polar surface area (TPSA) is 81.4 Å². The van der Waals surface area contributed by atoms with Gasteiger partial charge in [0.2, 0.25) is 0 Å². The van der Waals surface area contributed by atoms with Gasteiger partial charge in [-0.25, -0.2) is 4.79 Å². The molecule has 0 saturated carbocycles. The molecule has 0 aliphatic rings. The van der Waals surface area contributed by atoms with Crippen molar-refractivity contribution in [3.05, 3.63) is 63.6 Å². The summed E-state index contributed by atoms with van der Waals surface area (Å²) in [5.74, 6) is -1.05. The van der Waals surface area contributed by atoms with Crippen molar-refractivity contribution in [1.82, 2.24) is 5.32 Å². The molecule has 0 radical (unpaired) electrons. The van der Waals surface area contributed by atoms with Crippen LogP contribution < -0.4 is 11.1 Å². The van der Waals surface area contributed by atoms with Crippen LogP contribution in [0.5, 0.6) is 0 Å². The van der Waals surface area contributed by atoms with Crippen molar-refractivity contribution in [2.75, 3.05) is 18.9 Å². The maximum absolute atomic E-state index is 11.9. The molecule has 0 saturated heterocycles. The van der Waals surface area contributed by atoms with Gasteiger partial charge in [-0.05, 0) is 42.3 Å². The van der Waals surface area contributed by atoms with Gasteiger partial charge in [0.1, 0.15) is 0 Å². The molecular formula is C17H16Cl2N2O3. The second-order valence-electron chi connectivity index (χ2n) is 5.03. The minimum absolute atomic E-state index is 0.174. The van der Waals surface area contributed by atoms with Crippen LogP contribution in [0.4, 0.5) is 5.69 Å². The van der Waals surface area contributed by atoms with Crippen molar-refractivity contribution < 1.29 is 14.3 Å². The molecule has 126 valence electrons. The number of rotatable bonds is 6. The van der Waals surface area contributed by atoms with Gasteiger partial charge in [0.05, 0.1) is 5.56 Å². The van der Waals surface area contributed by atoms with E-state index in [0.717, 1.165) is 5.56 Å². The van der Waals surface area contributed by atoms with Crippen LogP contribution in [0.2, 0.25) is 10.0 Å². The van der Waals surface area contributed by atoms with Crippen molar-refractivity contribution in [3.8, 4) is 0 Å². The Labute approximate surface area is 149 Å². The second kappa shape index (κ2) is 8.57. The Kier molecular flexibility index (Phi) is 6.46. The van der Waals surface area contributed by atoms with Gasteiger partial charge < -0.3 is 15.8 Å². The zero-order valence-corrected chi connectivity index (χ0v) is 14.2. The molecule has 2 aromatic rings. The molecule has 0 aliphatic carbocycles. The van der Waals surface area contributed by atoms with Crippen molar-refractivity contribution in [1.29, 1.82) is 0 Å². The van der Waals surface area contributed by atoms with E-state index >= 15 is 0 Å². The van der Waals surface area contributed by atoms with Gasteiger partial charge in [0.25, 0.3) is 5.91 Å². The number of hydrogen-bond donors (Lipinski definition) is 2. The summed E-state index contributed by atoms with van der Waals surface area (Å²) in [4.78, 5) is 23.6. The van der Waals surface area contributed by atoms with Crippen LogP contribution in [-0.4, -0.2) is 25.0 Å². The molecule has 2 rings (SSSR count). The van der Waals surface area contributed by atoms with Gasteiger partial charge in [0.15, 0.2) is 6.61 Å². The normalized spacial score (nSPS) is 10.2. The van der Waals surface area contributed by atoms with E-state index in [4.69, 9.17) is 33.7 Å². The summed E-state index contributed by atoms with van der Waals surface area (Å²) in [6.45, 7) is 0.0582. The lowest BCUT2D eigenvalue weighted by atomic mass is 10.1.